The molecule has 0 aromatic heterocycles. The van der Waals surface area contributed by atoms with Gasteiger partial charge in [-0.2, -0.15) is 5.26 Å². The predicted molar refractivity (Wildman–Crippen MR) is 65.4 cm³/mol. The van der Waals surface area contributed by atoms with Crippen molar-refractivity contribution in [2.45, 2.75) is 6.42 Å². The maximum Gasteiger partial charge on any atom is 0.138 e. The number of nitrogens with zero attached hydrogens (tertiary/aromatic N) is 1. The van der Waals surface area contributed by atoms with E-state index in [1.807, 2.05) is 30.3 Å². The molecule has 0 saturated carbocycles. The van der Waals surface area contributed by atoms with Crippen molar-refractivity contribution >= 4 is 34.0 Å². The summed E-state index contributed by atoms with van der Waals surface area (Å²) in [4.78, 5) is 0. The van der Waals surface area contributed by atoms with Gasteiger partial charge in [-0.3, -0.25) is 0 Å². The van der Waals surface area contributed by atoms with Gasteiger partial charge in [-0.25, -0.2) is 0 Å². The van der Waals surface area contributed by atoms with Gasteiger partial charge in [-0.15, -0.1) is 0 Å². The molecule has 0 spiro atoms. The van der Waals surface area contributed by atoms with E-state index in [4.69, 9.17) is 17.5 Å². The highest BCUT2D eigenvalue weighted by molar-refractivity contribution is 8.23. The number of benzene rings is 1. The lowest BCUT2D eigenvalue weighted by molar-refractivity contribution is 1.25. The van der Waals surface area contributed by atoms with E-state index < -0.39 is 0 Å². The summed E-state index contributed by atoms with van der Waals surface area (Å²) in [6.07, 6.45) is 0.529. The first-order chi connectivity index (χ1) is 6.83. The molecule has 0 saturated heterocycles. The van der Waals surface area contributed by atoms with Crippen LogP contribution in [0.4, 0.5) is 5.69 Å². The molecule has 1 aromatic carbocycles. The molecule has 0 fully saturated rings. The number of thioether (sulfide) groups is 1. The number of thiocarbonyl (C=S) groups is 1. The van der Waals surface area contributed by atoms with Crippen molar-refractivity contribution in [1.29, 1.82) is 5.26 Å². The molecule has 0 bridgehead atoms. The zero-order chi connectivity index (χ0) is 10.2. The molecule has 0 heterocycles. The van der Waals surface area contributed by atoms with Gasteiger partial charge < -0.3 is 5.32 Å². The van der Waals surface area contributed by atoms with Crippen LogP contribution < -0.4 is 5.32 Å². The Morgan fingerprint density at radius 1 is 1.43 bits per heavy atom. The molecule has 0 amide bonds. The molecular formula is C10H10N2S2. The first-order valence-electron chi connectivity index (χ1n) is 4.18. The summed E-state index contributed by atoms with van der Waals surface area (Å²) < 4.78 is 0.714. The summed E-state index contributed by atoms with van der Waals surface area (Å²) in [7, 11) is 0. The highest BCUT2D eigenvalue weighted by atomic mass is 32.2. The van der Waals surface area contributed by atoms with E-state index in [0.717, 1.165) is 11.4 Å². The normalized spacial score (nSPS) is 9.07. The molecular weight excluding hydrogens is 212 g/mol. The first-order valence-corrected chi connectivity index (χ1v) is 5.58. The van der Waals surface area contributed by atoms with Crippen LogP contribution in [0.1, 0.15) is 6.42 Å². The van der Waals surface area contributed by atoms with Crippen LogP contribution in [-0.4, -0.2) is 10.1 Å². The minimum absolute atomic E-state index is 0.529. The molecule has 4 heteroatoms. The van der Waals surface area contributed by atoms with Crippen molar-refractivity contribution < 1.29 is 0 Å². The van der Waals surface area contributed by atoms with Gasteiger partial charge in [0.2, 0.25) is 0 Å². The van der Waals surface area contributed by atoms with Gasteiger partial charge in [0.05, 0.1) is 6.07 Å². The van der Waals surface area contributed by atoms with Crippen LogP contribution in [0.3, 0.4) is 0 Å². The Morgan fingerprint density at radius 3 is 2.79 bits per heavy atom. The van der Waals surface area contributed by atoms with Crippen molar-refractivity contribution in [3.8, 4) is 6.07 Å². The largest absolute Gasteiger partial charge is 0.341 e. The summed E-state index contributed by atoms with van der Waals surface area (Å²) in [5.74, 6) is 0.745. The number of hydrogen-bond donors (Lipinski definition) is 1. The van der Waals surface area contributed by atoms with E-state index in [0.29, 0.717) is 10.7 Å². The van der Waals surface area contributed by atoms with E-state index in [2.05, 4.69) is 11.4 Å². The smallest absolute Gasteiger partial charge is 0.138 e. The average molecular weight is 222 g/mol. The van der Waals surface area contributed by atoms with E-state index >= 15 is 0 Å². The molecule has 14 heavy (non-hydrogen) atoms. The SMILES string of the molecule is N#CCCSC(=S)Nc1ccccc1. The fourth-order valence-electron chi connectivity index (χ4n) is 0.865. The monoisotopic (exact) mass is 222 g/mol. The molecule has 0 radical (unpaired) electrons. The van der Waals surface area contributed by atoms with Crippen LogP contribution >= 0.6 is 24.0 Å². The number of anilines is 1. The van der Waals surface area contributed by atoms with Gasteiger partial charge >= 0.3 is 0 Å². The number of nitriles is 1. The molecule has 72 valence electrons. The molecule has 1 aromatic rings. The highest BCUT2D eigenvalue weighted by Gasteiger charge is 1.97. The summed E-state index contributed by atoms with van der Waals surface area (Å²) >= 11 is 6.59. The van der Waals surface area contributed by atoms with E-state index in [9.17, 15) is 0 Å². The highest BCUT2D eigenvalue weighted by Crippen LogP contribution is 2.11. The molecule has 0 atom stereocenters. The van der Waals surface area contributed by atoms with Gasteiger partial charge in [-0.1, -0.05) is 42.2 Å². The topological polar surface area (TPSA) is 35.8 Å². The molecule has 1 N–H and O–H groups in total. The van der Waals surface area contributed by atoms with Crippen LogP contribution in [0.5, 0.6) is 0 Å². The zero-order valence-electron chi connectivity index (χ0n) is 7.56. The summed E-state index contributed by atoms with van der Waals surface area (Å²) in [5.41, 5.74) is 0.988. The number of rotatable bonds is 3. The van der Waals surface area contributed by atoms with E-state index in [1.54, 1.807) is 0 Å². The first kappa shape index (κ1) is 11.0. The van der Waals surface area contributed by atoms with E-state index in [1.165, 1.54) is 11.8 Å². The Labute approximate surface area is 93.3 Å². The Balaban J connectivity index is 2.32. The van der Waals surface area contributed by atoms with Crippen molar-refractivity contribution in [1.82, 2.24) is 0 Å². The van der Waals surface area contributed by atoms with Crippen LogP contribution in [0.2, 0.25) is 0 Å². The Kier molecular flexibility index (Phi) is 5.05. The quantitative estimate of drug-likeness (QED) is 0.630. The van der Waals surface area contributed by atoms with Crippen LogP contribution in [-0.2, 0) is 0 Å². The lowest BCUT2D eigenvalue weighted by atomic mass is 10.3. The maximum atomic E-state index is 8.34. The number of para-hydroxylation sites is 1. The Morgan fingerprint density at radius 2 is 2.14 bits per heavy atom. The fraction of sp³-hybridized carbons (Fsp3) is 0.200. The van der Waals surface area contributed by atoms with Crippen molar-refractivity contribution in [3.63, 3.8) is 0 Å². The van der Waals surface area contributed by atoms with Crippen LogP contribution in [0.25, 0.3) is 0 Å². The lowest BCUT2D eigenvalue weighted by Crippen LogP contribution is -2.04. The third kappa shape index (κ3) is 4.26. The average Bonchev–Trinajstić information content (AvgIpc) is 2.20. The number of nitrogens with one attached hydrogen (secondary N) is 1. The number of hydrogen-bond acceptors (Lipinski definition) is 3. The minimum atomic E-state index is 0.529. The van der Waals surface area contributed by atoms with Crippen molar-refractivity contribution in [3.05, 3.63) is 30.3 Å². The Hall–Kier alpha value is -1.05. The molecule has 2 nitrogen and oxygen atoms in total. The molecule has 0 unspecified atom stereocenters. The second-order valence-corrected chi connectivity index (χ2v) is 4.31. The standard InChI is InChI=1S/C10H10N2S2/c11-7-4-8-14-10(13)12-9-5-2-1-3-6-9/h1-3,5-6H,4,8H2,(H,12,13). The minimum Gasteiger partial charge on any atom is -0.341 e. The van der Waals surface area contributed by atoms with E-state index in [-0.39, 0.29) is 0 Å². The van der Waals surface area contributed by atoms with Crippen LogP contribution in [0.15, 0.2) is 30.3 Å². The molecule has 0 aliphatic rings. The third-order valence-corrected chi connectivity index (χ3v) is 2.70. The van der Waals surface area contributed by atoms with Crippen molar-refractivity contribution in [2.75, 3.05) is 11.1 Å². The summed E-state index contributed by atoms with van der Waals surface area (Å²) in [6.45, 7) is 0. The molecule has 0 aliphatic carbocycles. The lowest BCUT2D eigenvalue weighted by Gasteiger charge is -2.05. The molecule has 1 rings (SSSR count). The van der Waals surface area contributed by atoms with Gasteiger partial charge in [0, 0.05) is 17.9 Å². The second kappa shape index (κ2) is 6.41. The summed E-state index contributed by atoms with van der Waals surface area (Å²) in [6, 6.07) is 11.8. The maximum absolute atomic E-state index is 8.34. The molecule has 0 aliphatic heterocycles. The predicted octanol–water partition coefficient (Wildman–Crippen LogP) is 3.03. The third-order valence-electron chi connectivity index (χ3n) is 1.47. The Bertz CT molecular complexity index is 330. The second-order valence-electron chi connectivity index (χ2n) is 2.54. The van der Waals surface area contributed by atoms with Gasteiger partial charge in [-0.05, 0) is 12.1 Å². The summed E-state index contributed by atoms with van der Waals surface area (Å²) in [5, 5.41) is 11.4. The van der Waals surface area contributed by atoms with Gasteiger partial charge in [0.25, 0.3) is 0 Å². The van der Waals surface area contributed by atoms with Crippen LogP contribution in [0, 0.1) is 11.3 Å². The fourth-order valence-corrected chi connectivity index (χ4v) is 1.80. The zero-order valence-corrected chi connectivity index (χ0v) is 9.20. The van der Waals surface area contributed by atoms with Gasteiger partial charge in [0.1, 0.15) is 4.32 Å². The van der Waals surface area contributed by atoms with Crippen molar-refractivity contribution in [2.24, 2.45) is 0 Å². The van der Waals surface area contributed by atoms with Gasteiger partial charge in [0.15, 0.2) is 0 Å².